The summed E-state index contributed by atoms with van der Waals surface area (Å²) in [5.41, 5.74) is 0. The number of carbonyl (C=O) groups excluding carboxylic acids is 1. The molecule has 1 heterocycles. The van der Waals surface area contributed by atoms with Gasteiger partial charge in [0.05, 0.1) is 10.6 Å². The van der Waals surface area contributed by atoms with Gasteiger partial charge in [-0.25, -0.2) is 12.8 Å². The molecule has 0 atom stereocenters. The predicted molar refractivity (Wildman–Crippen MR) is 70.4 cm³/mol. The first-order chi connectivity index (χ1) is 8.35. The van der Waals surface area contributed by atoms with E-state index in [1.807, 2.05) is 0 Å². The van der Waals surface area contributed by atoms with E-state index in [1.54, 1.807) is 12.1 Å². The number of hydrogen-bond acceptors (Lipinski definition) is 4. The molecule has 0 radical (unpaired) electrons. The number of benzene rings is 1. The van der Waals surface area contributed by atoms with Crippen molar-refractivity contribution in [2.45, 2.75) is 6.42 Å². The summed E-state index contributed by atoms with van der Waals surface area (Å²) >= 11 is 1.19. The molecule has 0 aliphatic rings. The van der Waals surface area contributed by atoms with Crippen molar-refractivity contribution in [2.75, 3.05) is 12.0 Å². The molecule has 0 N–H and O–H groups in total. The minimum Gasteiger partial charge on any atom is -0.293 e. The number of sulfone groups is 1. The summed E-state index contributed by atoms with van der Waals surface area (Å²) in [5, 5.41) is 0.795. The maximum Gasteiger partial charge on any atom is 0.173 e. The Kier molecular flexibility index (Phi) is 3.49. The second kappa shape index (κ2) is 4.78. The Morgan fingerprint density at radius 2 is 2.06 bits per heavy atom. The molecule has 96 valence electrons. The highest BCUT2D eigenvalue weighted by molar-refractivity contribution is 7.90. The van der Waals surface area contributed by atoms with Crippen LogP contribution in [0.25, 0.3) is 10.1 Å². The first-order valence-corrected chi connectivity index (χ1v) is 8.13. The van der Waals surface area contributed by atoms with Gasteiger partial charge in [-0.1, -0.05) is 6.07 Å². The number of halogens is 1. The molecule has 2 aromatic rings. The first-order valence-electron chi connectivity index (χ1n) is 5.25. The van der Waals surface area contributed by atoms with Crippen LogP contribution in [0.3, 0.4) is 0 Å². The molecule has 1 aromatic heterocycles. The predicted octanol–water partition coefficient (Wildman–Crippen LogP) is 2.66. The fourth-order valence-corrected chi connectivity index (χ4v) is 3.15. The lowest BCUT2D eigenvalue weighted by molar-refractivity contribution is 0.0992. The van der Waals surface area contributed by atoms with Crippen LogP contribution in [-0.4, -0.2) is 26.2 Å². The average Bonchev–Trinajstić information content (AvgIpc) is 2.67. The van der Waals surface area contributed by atoms with Crippen LogP contribution in [0, 0.1) is 5.82 Å². The van der Waals surface area contributed by atoms with E-state index in [0.717, 1.165) is 11.6 Å². The topological polar surface area (TPSA) is 51.2 Å². The van der Waals surface area contributed by atoms with Gasteiger partial charge in [0, 0.05) is 17.4 Å². The molecule has 0 fully saturated rings. The SMILES string of the molecule is CS(=O)(=O)CCC(=O)c1cc2ccc(F)cc2s1. The molecule has 18 heavy (non-hydrogen) atoms. The van der Waals surface area contributed by atoms with Gasteiger partial charge in [0.2, 0.25) is 0 Å². The van der Waals surface area contributed by atoms with Gasteiger partial charge in [-0.05, 0) is 23.6 Å². The molecule has 1 aromatic carbocycles. The van der Waals surface area contributed by atoms with Gasteiger partial charge in [0.15, 0.2) is 5.78 Å². The Morgan fingerprint density at radius 3 is 2.72 bits per heavy atom. The van der Waals surface area contributed by atoms with Crippen molar-refractivity contribution in [3.05, 3.63) is 35.0 Å². The van der Waals surface area contributed by atoms with E-state index in [9.17, 15) is 17.6 Å². The van der Waals surface area contributed by atoms with Crippen molar-refractivity contribution in [3.8, 4) is 0 Å². The fourth-order valence-electron chi connectivity index (χ4n) is 1.54. The molecule has 0 unspecified atom stereocenters. The standard InChI is InChI=1S/C12H11FO3S2/c1-18(15,16)5-4-10(14)12-6-8-2-3-9(13)7-11(8)17-12/h2-3,6-7H,4-5H2,1H3. The second-order valence-corrected chi connectivity index (χ2v) is 7.44. The number of hydrogen-bond donors (Lipinski definition) is 0. The monoisotopic (exact) mass is 286 g/mol. The largest absolute Gasteiger partial charge is 0.293 e. The van der Waals surface area contributed by atoms with Gasteiger partial charge in [-0.15, -0.1) is 11.3 Å². The number of ketones is 1. The average molecular weight is 286 g/mol. The molecule has 0 aliphatic heterocycles. The summed E-state index contributed by atoms with van der Waals surface area (Å²) in [6.07, 6.45) is 1.06. The van der Waals surface area contributed by atoms with E-state index >= 15 is 0 Å². The smallest absolute Gasteiger partial charge is 0.173 e. The van der Waals surface area contributed by atoms with Crippen molar-refractivity contribution in [3.63, 3.8) is 0 Å². The molecular weight excluding hydrogens is 275 g/mol. The summed E-state index contributed by atoms with van der Waals surface area (Å²) < 4.78 is 35.7. The van der Waals surface area contributed by atoms with Gasteiger partial charge in [-0.2, -0.15) is 0 Å². The Labute approximate surface area is 108 Å². The van der Waals surface area contributed by atoms with Crippen LogP contribution in [0.4, 0.5) is 4.39 Å². The Balaban J connectivity index is 2.23. The maximum atomic E-state index is 13.0. The van der Waals surface area contributed by atoms with Crippen molar-refractivity contribution >= 4 is 37.0 Å². The molecule has 2 rings (SSSR count). The van der Waals surface area contributed by atoms with Crippen LogP contribution >= 0.6 is 11.3 Å². The number of rotatable bonds is 4. The minimum absolute atomic E-state index is 0.0336. The molecule has 0 bridgehead atoms. The Hall–Kier alpha value is -1.27. The highest BCUT2D eigenvalue weighted by Crippen LogP contribution is 2.27. The van der Waals surface area contributed by atoms with E-state index in [-0.39, 0.29) is 23.8 Å². The zero-order valence-electron chi connectivity index (χ0n) is 9.64. The number of carbonyl (C=O) groups is 1. The van der Waals surface area contributed by atoms with Crippen LogP contribution < -0.4 is 0 Å². The van der Waals surface area contributed by atoms with Gasteiger partial charge in [0.25, 0.3) is 0 Å². The van der Waals surface area contributed by atoms with E-state index in [4.69, 9.17) is 0 Å². The van der Waals surface area contributed by atoms with E-state index in [0.29, 0.717) is 9.58 Å². The number of thiophene rings is 1. The summed E-state index contributed by atoms with van der Waals surface area (Å²) in [5.74, 6) is -0.726. The number of fused-ring (bicyclic) bond motifs is 1. The lowest BCUT2D eigenvalue weighted by Gasteiger charge is -1.95. The molecule has 3 nitrogen and oxygen atoms in total. The molecule has 0 saturated heterocycles. The van der Waals surface area contributed by atoms with Crippen molar-refractivity contribution in [2.24, 2.45) is 0 Å². The highest BCUT2D eigenvalue weighted by atomic mass is 32.2. The maximum absolute atomic E-state index is 13.0. The molecule has 0 amide bonds. The Morgan fingerprint density at radius 1 is 1.33 bits per heavy atom. The van der Waals surface area contributed by atoms with Crippen LogP contribution in [0.5, 0.6) is 0 Å². The zero-order chi connectivity index (χ0) is 13.3. The fraction of sp³-hybridized carbons (Fsp3) is 0.250. The van der Waals surface area contributed by atoms with Crippen LogP contribution in [-0.2, 0) is 9.84 Å². The molecule has 0 saturated carbocycles. The third-order valence-electron chi connectivity index (χ3n) is 2.46. The molecule has 0 spiro atoms. The third kappa shape index (κ3) is 3.14. The zero-order valence-corrected chi connectivity index (χ0v) is 11.3. The summed E-state index contributed by atoms with van der Waals surface area (Å²) in [6.45, 7) is 0. The second-order valence-electron chi connectivity index (χ2n) is 4.10. The van der Waals surface area contributed by atoms with E-state index in [1.165, 1.54) is 23.5 Å². The minimum atomic E-state index is -3.14. The van der Waals surface area contributed by atoms with Crippen LogP contribution in [0.2, 0.25) is 0 Å². The quantitative estimate of drug-likeness (QED) is 0.812. The van der Waals surface area contributed by atoms with Crippen molar-refractivity contribution in [1.82, 2.24) is 0 Å². The lowest BCUT2D eigenvalue weighted by atomic mass is 10.2. The van der Waals surface area contributed by atoms with Gasteiger partial charge >= 0.3 is 0 Å². The number of Topliss-reactive ketones (excluding diaryl/α,β-unsaturated/α-hetero) is 1. The normalized spacial score (nSPS) is 11.9. The van der Waals surface area contributed by atoms with Crippen molar-refractivity contribution < 1.29 is 17.6 Å². The molecular formula is C12H11FO3S2. The molecule has 0 aliphatic carbocycles. The first kappa shape index (κ1) is 13.2. The summed E-state index contributed by atoms with van der Waals surface area (Å²) in [7, 11) is -3.14. The highest BCUT2D eigenvalue weighted by Gasteiger charge is 2.13. The van der Waals surface area contributed by atoms with Gasteiger partial charge < -0.3 is 0 Å². The van der Waals surface area contributed by atoms with Crippen molar-refractivity contribution in [1.29, 1.82) is 0 Å². The third-order valence-corrected chi connectivity index (χ3v) is 4.54. The molecule has 6 heteroatoms. The summed E-state index contributed by atoms with van der Waals surface area (Å²) in [4.78, 5) is 12.3. The van der Waals surface area contributed by atoms with Crippen LogP contribution in [0.1, 0.15) is 16.1 Å². The summed E-state index contributed by atoms with van der Waals surface area (Å²) in [6, 6.07) is 5.98. The Bertz CT molecular complexity index is 701. The van der Waals surface area contributed by atoms with E-state index < -0.39 is 9.84 Å². The van der Waals surface area contributed by atoms with Crippen LogP contribution in [0.15, 0.2) is 24.3 Å². The van der Waals surface area contributed by atoms with Gasteiger partial charge in [-0.3, -0.25) is 4.79 Å². The lowest BCUT2D eigenvalue weighted by Crippen LogP contribution is -2.08. The van der Waals surface area contributed by atoms with E-state index in [2.05, 4.69) is 0 Å². The van der Waals surface area contributed by atoms with Gasteiger partial charge in [0.1, 0.15) is 15.7 Å².